The quantitative estimate of drug-likeness (QED) is 0.594. The molecule has 0 atom stereocenters. The molecule has 3 aromatic rings. The van der Waals surface area contributed by atoms with Crippen LogP contribution in [0.2, 0.25) is 5.02 Å². The van der Waals surface area contributed by atoms with Crippen molar-refractivity contribution in [1.29, 1.82) is 0 Å². The van der Waals surface area contributed by atoms with Crippen molar-refractivity contribution in [3.05, 3.63) is 69.2 Å². The maximum atomic E-state index is 13.0. The number of likely N-dealkylation sites (N-methyl/N-ethyl adjacent to an activating group) is 1. The smallest absolute Gasteiger partial charge is 0.261 e. The molecule has 0 N–H and O–H groups in total. The van der Waals surface area contributed by atoms with E-state index in [4.69, 9.17) is 21.3 Å². The Morgan fingerprint density at radius 3 is 2.81 bits per heavy atom. The average molecular weight is 440 g/mol. The average Bonchev–Trinajstić information content (AvgIpc) is 2.75. The second-order valence-corrected chi connectivity index (χ2v) is 8.29. The molecule has 31 heavy (non-hydrogen) atoms. The molecular weight excluding hydrogens is 414 g/mol. The predicted molar refractivity (Wildman–Crippen MR) is 122 cm³/mol. The first-order valence-electron chi connectivity index (χ1n) is 10.7. The van der Waals surface area contributed by atoms with Gasteiger partial charge in [-0.2, -0.15) is 0 Å². The summed E-state index contributed by atoms with van der Waals surface area (Å²) in [4.78, 5) is 32.2. The summed E-state index contributed by atoms with van der Waals surface area (Å²) in [6.45, 7) is 1.45. The zero-order valence-electron chi connectivity index (χ0n) is 17.6. The number of nitrogens with zero attached hydrogens (tertiary/aromatic N) is 3. The molecule has 1 aromatic heterocycles. The molecule has 1 amide bonds. The zero-order valence-corrected chi connectivity index (χ0v) is 18.4. The van der Waals surface area contributed by atoms with Crippen molar-refractivity contribution in [3.63, 3.8) is 0 Å². The number of hydrogen-bond donors (Lipinski definition) is 0. The molecule has 4 rings (SSSR count). The summed E-state index contributed by atoms with van der Waals surface area (Å²) in [7, 11) is 1.73. The van der Waals surface area contributed by atoms with Gasteiger partial charge in [0, 0.05) is 25.6 Å². The lowest BCUT2D eigenvalue weighted by molar-refractivity contribution is 0.0774. The Morgan fingerprint density at radius 1 is 1.16 bits per heavy atom. The molecule has 2 aromatic carbocycles. The van der Waals surface area contributed by atoms with Gasteiger partial charge < -0.3 is 9.64 Å². The first-order valence-corrected chi connectivity index (χ1v) is 11.1. The normalized spacial score (nSPS) is 13.9. The van der Waals surface area contributed by atoms with E-state index in [2.05, 4.69) is 0 Å². The Morgan fingerprint density at radius 2 is 1.97 bits per heavy atom. The third-order valence-electron chi connectivity index (χ3n) is 5.68. The minimum absolute atomic E-state index is 0.0117. The van der Waals surface area contributed by atoms with Gasteiger partial charge in [-0.25, -0.2) is 4.98 Å². The monoisotopic (exact) mass is 439 g/mol. The minimum atomic E-state index is -0.140. The fourth-order valence-electron chi connectivity index (χ4n) is 3.90. The standard InChI is InChI=1S/C24H26ClN3O3/c1-27(14-15-31-21-9-6-5-8-19(21)25)23(29)17-11-12-18-20(16-17)26-22-10-4-2-3-7-13-28(22)24(18)30/h5-6,8-9,11-12,16H,2-4,7,10,13-15H2,1H3. The van der Waals surface area contributed by atoms with Crippen LogP contribution in [0.1, 0.15) is 41.9 Å². The highest BCUT2D eigenvalue weighted by Gasteiger charge is 2.17. The second kappa shape index (κ2) is 9.52. The lowest BCUT2D eigenvalue weighted by Gasteiger charge is -2.19. The Balaban J connectivity index is 1.50. The van der Waals surface area contributed by atoms with Crippen molar-refractivity contribution in [2.45, 2.75) is 38.6 Å². The van der Waals surface area contributed by atoms with Crippen molar-refractivity contribution in [2.24, 2.45) is 0 Å². The molecule has 0 saturated heterocycles. The highest BCUT2D eigenvalue weighted by atomic mass is 35.5. The van der Waals surface area contributed by atoms with E-state index in [1.807, 2.05) is 12.1 Å². The van der Waals surface area contributed by atoms with E-state index in [1.165, 1.54) is 0 Å². The van der Waals surface area contributed by atoms with E-state index < -0.39 is 0 Å². The molecule has 1 aliphatic rings. The van der Waals surface area contributed by atoms with E-state index in [9.17, 15) is 9.59 Å². The van der Waals surface area contributed by atoms with Crippen molar-refractivity contribution >= 4 is 28.4 Å². The maximum absolute atomic E-state index is 13.0. The summed E-state index contributed by atoms with van der Waals surface area (Å²) in [6, 6.07) is 12.4. The summed E-state index contributed by atoms with van der Waals surface area (Å²) in [6.07, 6.45) is 5.13. The first kappa shape index (κ1) is 21.4. The summed E-state index contributed by atoms with van der Waals surface area (Å²) in [5.41, 5.74) is 1.08. The topological polar surface area (TPSA) is 64.4 Å². The number of aryl methyl sites for hydroxylation is 1. The molecule has 0 spiro atoms. The van der Waals surface area contributed by atoms with Crippen LogP contribution in [0.25, 0.3) is 10.9 Å². The van der Waals surface area contributed by atoms with Crippen LogP contribution < -0.4 is 10.3 Å². The van der Waals surface area contributed by atoms with E-state index in [-0.39, 0.29) is 11.5 Å². The molecule has 2 heterocycles. The third-order valence-corrected chi connectivity index (χ3v) is 5.99. The van der Waals surface area contributed by atoms with Crippen LogP contribution in [0.3, 0.4) is 0 Å². The van der Waals surface area contributed by atoms with Crippen LogP contribution in [0, 0.1) is 0 Å². The van der Waals surface area contributed by atoms with Gasteiger partial charge >= 0.3 is 0 Å². The molecule has 0 bridgehead atoms. The van der Waals surface area contributed by atoms with Gasteiger partial charge in [0.25, 0.3) is 11.5 Å². The number of rotatable bonds is 5. The van der Waals surface area contributed by atoms with Crippen LogP contribution in [0.4, 0.5) is 0 Å². The number of benzene rings is 2. The number of carbonyl (C=O) groups excluding carboxylic acids is 1. The van der Waals surface area contributed by atoms with Crippen LogP contribution in [0.5, 0.6) is 5.75 Å². The van der Waals surface area contributed by atoms with E-state index >= 15 is 0 Å². The molecule has 6 nitrogen and oxygen atoms in total. The number of amides is 1. The zero-order chi connectivity index (χ0) is 21.8. The highest BCUT2D eigenvalue weighted by Crippen LogP contribution is 2.23. The van der Waals surface area contributed by atoms with Gasteiger partial charge in [-0.3, -0.25) is 14.2 Å². The lowest BCUT2D eigenvalue weighted by atomic mass is 10.1. The number of fused-ring (bicyclic) bond motifs is 2. The molecule has 0 fully saturated rings. The van der Waals surface area contributed by atoms with Gasteiger partial charge in [-0.05, 0) is 43.2 Å². The summed E-state index contributed by atoms with van der Waals surface area (Å²) < 4.78 is 7.49. The molecule has 0 saturated carbocycles. The SMILES string of the molecule is CN(CCOc1ccccc1Cl)C(=O)c1ccc2c(=O)n3c(nc2c1)CCCCCC3. The fourth-order valence-corrected chi connectivity index (χ4v) is 4.09. The van der Waals surface area contributed by atoms with Crippen molar-refractivity contribution in [3.8, 4) is 5.75 Å². The Bertz CT molecular complexity index is 1160. The largest absolute Gasteiger partial charge is 0.490 e. The number of carbonyl (C=O) groups is 1. The Kier molecular flexibility index (Phi) is 6.56. The molecule has 7 heteroatoms. The second-order valence-electron chi connectivity index (χ2n) is 7.89. The Labute approximate surface area is 186 Å². The fraction of sp³-hybridized carbons (Fsp3) is 0.375. The number of ether oxygens (including phenoxy) is 1. The predicted octanol–water partition coefficient (Wildman–Crippen LogP) is 4.32. The number of aromatic nitrogens is 2. The van der Waals surface area contributed by atoms with Gasteiger partial charge in [0.2, 0.25) is 0 Å². The van der Waals surface area contributed by atoms with Gasteiger partial charge in [0.1, 0.15) is 18.2 Å². The third kappa shape index (κ3) is 4.74. The maximum Gasteiger partial charge on any atom is 0.261 e. The van der Waals surface area contributed by atoms with Crippen LogP contribution in [-0.2, 0) is 13.0 Å². The number of para-hydroxylation sites is 1. The summed E-state index contributed by atoms with van der Waals surface area (Å²) in [5, 5.41) is 1.10. The highest BCUT2D eigenvalue weighted by molar-refractivity contribution is 6.32. The van der Waals surface area contributed by atoms with E-state index in [0.29, 0.717) is 46.9 Å². The Hall–Kier alpha value is -2.86. The van der Waals surface area contributed by atoms with Crippen molar-refractivity contribution in [2.75, 3.05) is 20.2 Å². The van der Waals surface area contributed by atoms with Crippen molar-refractivity contribution in [1.82, 2.24) is 14.5 Å². The number of hydrogen-bond acceptors (Lipinski definition) is 4. The van der Waals surface area contributed by atoms with Gasteiger partial charge in [-0.1, -0.05) is 36.6 Å². The molecule has 0 radical (unpaired) electrons. The van der Waals surface area contributed by atoms with E-state index in [1.54, 1.807) is 46.8 Å². The molecule has 0 aliphatic carbocycles. The molecular formula is C24H26ClN3O3. The van der Waals surface area contributed by atoms with Crippen LogP contribution in [-0.4, -0.2) is 40.6 Å². The number of halogens is 1. The molecule has 162 valence electrons. The first-order chi connectivity index (χ1) is 15.0. The molecule has 0 unspecified atom stereocenters. The van der Waals surface area contributed by atoms with E-state index in [0.717, 1.165) is 37.9 Å². The van der Waals surface area contributed by atoms with Crippen molar-refractivity contribution < 1.29 is 9.53 Å². The summed E-state index contributed by atoms with van der Waals surface area (Å²) >= 11 is 6.10. The van der Waals surface area contributed by atoms with Gasteiger partial charge in [-0.15, -0.1) is 0 Å². The minimum Gasteiger partial charge on any atom is -0.490 e. The van der Waals surface area contributed by atoms with Crippen LogP contribution >= 0.6 is 11.6 Å². The van der Waals surface area contributed by atoms with Crippen LogP contribution in [0.15, 0.2) is 47.3 Å². The van der Waals surface area contributed by atoms with Gasteiger partial charge in [0.15, 0.2) is 0 Å². The van der Waals surface area contributed by atoms with Gasteiger partial charge in [0.05, 0.1) is 22.5 Å². The molecule has 1 aliphatic heterocycles. The lowest BCUT2D eigenvalue weighted by Crippen LogP contribution is -2.31. The summed E-state index contributed by atoms with van der Waals surface area (Å²) in [5.74, 6) is 1.28.